The number of nitrogens with one attached hydrogen (secondary N) is 7. The Morgan fingerprint density at radius 1 is 1.02 bits per heavy atom. The van der Waals surface area contributed by atoms with Gasteiger partial charge in [-0.2, -0.15) is 0 Å². The van der Waals surface area contributed by atoms with E-state index in [1.165, 1.54) is 12.3 Å². The number of amides is 6. The lowest BCUT2D eigenvalue weighted by Gasteiger charge is -2.27. The molecule has 1 aromatic heterocycles. The SMILES string of the molecule is CNc1ccc(C(=O)Nc2ccc3[nH]c(CN4CCC(CCNC(=O)CNc5cccc6c5C(=O)N(C5CCC(=O)NC5=O)C6=O)C4)nc3c2)cc1C=N. The molecule has 2 unspecified atom stereocenters. The predicted octanol–water partition coefficient (Wildman–Crippen LogP) is 2.70. The first-order chi connectivity index (χ1) is 26.1. The molecule has 4 heterocycles. The van der Waals surface area contributed by atoms with Crippen molar-refractivity contribution in [2.45, 2.75) is 38.3 Å². The summed E-state index contributed by atoms with van der Waals surface area (Å²) in [6, 6.07) is 14.3. The van der Waals surface area contributed by atoms with Gasteiger partial charge >= 0.3 is 0 Å². The number of aromatic nitrogens is 2. The second kappa shape index (κ2) is 15.3. The summed E-state index contributed by atoms with van der Waals surface area (Å²) in [6.07, 6.45) is 3.07. The van der Waals surface area contributed by atoms with Crippen LogP contribution < -0.4 is 26.6 Å². The molecule has 2 saturated heterocycles. The standard InChI is InChI=1S/C38H40N10O6/c1-40-26-7-5-22(15-23(26)17-39)35(51)43-24-6-8-27-29(16-24)45-31(44-27)20-47-14-12-21(19-47)11-13-41-33(50)18-42-28-4-2-3-25-34(28)38(54)48(37(25)53)30-9-10-32(49)46-36(30)52/h2-8,15-17,21,30,39-40,42H,9-14,18-20H2,1H3,(H,41,50)(H,43,51)(H,44,45)(H,46,49,52). The predicted molar refractivity (Wildman–Crippen MR) is 201 cm³/mol. The maximum absolute atomic E-state index is 13.3. The van der Waals surface area contributed by atoms with Gasteiger partial charge in [-0.15, -0.1) is 0 Å². The Hall–Kier alpha value is -6.42. The highest BCUT2D eigenvalue weighted by Crippen LogP contribution is 2.32. The van der Waals surface area contributed by atoms with Crippen molar-refractivity contribution < 1.29 is 28.8 Å². The summed E-state index contributed by atoms with van der Waals surface area (Å²) in [5.74, 6) is -1.70. The van der Waals surface area contributed by atoms with Crippen molar-refractivity contribution in [2.75, 3.05) is 49.2 Å². The molecule has 7 N–H and O–H groups in total. The van der Waals surface area contributed by atoms with E-state index in [2.05, 4.69) is 36.5 Å². The summed E-state index contributed by atoms with van der Waals surface area (Å²) in [6.45, 7) is 2.75. The zero-order valence-corrected chi connectivity index (χ0v) is 29.6. The van der Waals surface area contributed by atoms with Gasteiger partial charge in [0.1, 0.15) is 11.9 Å². The van der Waals surface area contributed by atoms with Crippen LogP contribution in [0.2, 0.25) is 0 Å². The molecule has 2 fully saturated rings. The largest absolute Gasteiger partial charge is 0.388 e. The molecule has 0 radical (unpaired) electrons. The highest BCUT2D eigenvalue weighted by molar-refractivity contribution is 6.25. The van der Waals surface area contributed by atoms with Crippen molar-refractivity contribution in [1.29, 1.82) is 5.41 Å². The molecule has 3 aliphatic heterocycles. The molecule has 16 heteroatoms. The van der Waals surface area contributed by atoms with Gasteiger partial charge in [-0.05, 0) is 80.3 Å². The number of hydrogen-bond donors (Lipinski definition) is 7. The number of fused-ring (bicyclic) bond motifs is 2. The van der Waals surface area contributed by atoms with Gasteiger partial charge in [-0.1, -0.05) is 6.07 Å². The van der Waals surface area contributed by atoms with E-state index in [4.69, 9.17) is 10.4 Å². The van der Waals surface area contributed by atoms with E-state index in [0.717, 1.165) is 53.4 Å². The number of piperidine rings is 1. The van der Waals surface area contributed by atoms with Crippen molar-refractivity contribution in [3.8, 4) is 0 Å². The van der Waals surface area contributed by atoms with Crippen LogP contribution in [-0.2, 0) is 20.9 Å². The normalized spacial score (nSPS) is 18.4. The minimum atomic E-state index is -1.07. The zero-order valence-electron chi connectivity index (χ0n) is 29.6. The Labute approximate surface area is 309 Å². The first-order valence-electron chi connectivity index (χ1n) is 17.8. The van der Waals surface area contributed by atoms with Crippen LogP contribution in [0.1, 0.15) is 68.1 Å². The van der Waals surface area contributed by atoms with Gasteiger partial charge in [0, 0.05) is 61.0 Å². The van der Waals surface area contributed by atoms with Crippen LogP contribution in [0.25, 0.3) is 11.0 Å². The third-order valence-electron chi connectivity index (χ3n) is 10.1. The Morgan fingerprint density at radius 2 is 1.87 bits per heavy atom. The average Bonchev–Trinajstić information content (AvgIpc) is 3.86. The zero-order chi connectivity index (χ0) is 37.9. The monoisotopic (exact) mass is 732 g/mol. The smallest absolute Gasteiger partial charge is 0.264 e. The second-order valence-electron chi connectivity index (χ2n) is 13.6. The maximum Gasteiger partial charge on any atom is 0.264 e. The fourth-order valence-corrected chi connectivity index (χ4v) is 7.29. The van der Waals surface area contributed by atoms with Gasteiger partial charge in [-0.25, -0.2) is 4.98 Å². The molecular weight excluding hydrogens is 692 g/mol. The van der Waals surface area contributed by atoms with Crippen molar-refractivity contribution in [1.82, 2.24) is 30.4 Å². The number of hydrogen-bond acceptors (Lipinski definition) is 11. The molecule has 3 aliphatic rings. The molecule has 16 nitrogen and oxygen atoms in total. The number of anilines is 3. The first kappa shape index (κ1) is 36.0. The molecule has 0 aliphatic carbocycles. The highest BCUT2D eigenvalue weighted by atomic mass is 16.2. The third kappa shape index (κ3) is 7.41. The number of imidazole rings is 1. The van der Waals surface area contributed by atoms with E-state index in [0.29, 0.717) is 41.5 Å². The number of aromatic amines is 1. The van der Waals surface area contributed by atoms with Crippen LogP contribution >= 0.6 is 0 Å². The Balaban J connectivity index is 0.861. The van der Waals surface area contributed by atoms with Crippen molar-refractivity contribution >= 4 is 69.8 Å². The molecule has 7 rings (SSSR count). The minimum absolute atomic E-state index is 0.0312. The maximum atomic E-state index is 13.3. The lowest BCUT2D eigenvalue weighted by molar-refractivity contribution is -0.136. The fraction of sp³-hybridized carbons (Fsp3) is 0.316. The fourth-order valence-electron chi connectivity index (χ4n) is 7.29. The molecule has 278 valence electrons. The number of carbonyl (C=O) groups is 6. The van der Waals surface area contributed by atoms with Crippen molar-refractivity contribution in [3.05, 3.63) is 82.7 Å². The summed E-state index contributed by atoms with van der Waals surface area (Å²) in [5.41, 5.74) is 4.62. The molecule has 6 amide bonds. The van der Waals surface area contributed by atoms with E-state index < -0.39 is 29.7 Å². The minimum Gasteiger partial charge on any atom is -0.388 e. The number of carbonyl (C=O) groups excluding carboxylic acids is 6. The lowest BCUT2D eigenvalue weighted by atomic mass is 10.0. The van der Waals surface area contributed by atoms with E-state index in [1.54, 1.807) is 37.4 Å². The van der Waals surface area contributed by atoms with Gasteiger partial charge in [0.15, 0.2) is 0 Å². The number of imide groups is 2. The number of nitrogens with zero attached hydrogens (tertiary/aromatic N) is 3. The molecule has 0 spiro atoms. The molecule has 2 atom stereocenters. The topological polar surface area (TPSA) is 222 Å². The van der Waals surface area contributed by atoms with E-state index in [9.17, 15) is 28.8 Å². The van der Waals surface area contributed by atoms with E-state index in [-0.39, 0.29) is 42.3 Å². The molecule has 3 aromatic carbocycles. The lowest BCUT2D eigenvalue weighted by Crippen LogP contribution is -2.54. The number of benzene rings is 3. The number of likely N-dealkylation sites (tertiary alicyclic amines) is 1. The number of H-pyrrole nitrogens is 1. The molecule has 54 heavy (non-hydrogen) atoms. The van der Waals surface area contributed by atoms with Gasteiger partial charge in [0.25, 0.3) is 17.7 Å². The Kier molecular flexibility index (Phi) is 10.2. The summed E-state index contributed by atoms with van der Waals surface area (Å²) < 4.78 is 0. The van der Waals surface area contributed by atoms with Gasteiger partial charge in [-0.3, -0.25) is 43.9 Å². The van der Waals surface area contributed by atoms with Crippen molar-refractivity contribution in [2.24, 2.45) is 5.92 Å². The van der Waals surface area contributed by atoms with Crippen LogP contribution in [0, 0.1) is 11.3 Å². The van der Waals surface area contributed by atoms with E-state index >= 15 is 0 Å². The van der Waals surface area contributed by atoms with Gasteiger partial charge in [0.2, 0.25) is 17.7 Å². The van der Waals surface area contributed by atoms with Crippen molar-refractivity contribution in [3.63, 3.8) is 0 Å². The van der Waals surface area contributed by atoms with Gasteiger partial charge in [0.05, 0.1) is 35.2 Å². The van der Waals surface area contributed by atoms with Crippen LogP contribution in [-0.4, -0.2) is 101 Å². The summed E-state index contributed by atoms with van der Waals surface area (Å²) in [7, 11) is 1.76. The Morgan fingerprint density at radius 3 is 2.67 bits per heavy atom. The molecule has 4 aromatic rings. The van der Waals surface area contributed by atoms with Crippen LogP contribution in [0.5, 0.6) is 0 Å². The van der Waals surface area contributed by atoms with Crippen LogP contribution in [0.15, 0.2) is 54.6 Å². The summed E-state index contributed by atoms with van der Waals surface area (Å²) >= 11 is 0. The quantitative estimate of drug-likeness (QED) is 0.0787. The third-order valence-corrected chi connectivity index (χ3v) is 10.1. The average molecular weight is 733 g/mol. The first-order valence-corrected chi connectivity index (χ1v) is 17.8. The molecular formula is C38H40N10O6. The summed E-state index contributed by atoms with van der Waals surface area (Å²) in [4.78, 5) is 87.3. The Bertz CT molecular complexity index is 2200. The summed E-state index contributed by atoms with van der Waals surface area (Å²) in [5, 5.41) is 21.6. The van der Waals surface area contributed by atoms with Crippen LogP contribution in [0.4, 0.5) is 17.1 Å². The van der Waals surface area contributed by atoms with Gasteiger partial charge < -0.3 is 31.7 Å². The second-order valence-corrected chi connectivity index (χ2v) is 13.6. The van der Waals surface area contributed by atoms with E-state index in [1.807, 2.05) is 18.2 Å². The molecule has 0 saturated carbocycles. The number of rotatable bonds is 13. The van der Waals surface area contributed by atoms with Crippen LogP contribution in [0.3, 0.4) is 0 Å². The highest BCUT2D eigenvalue weighted by Gasteiger charge is 2.45. The molecule has 0 bridgehead atoms.